The fraction of sp³-hybridized carbons (Fsp3) is 0.571. The molecular formula is C35H47LiN2O5S. The molecule has 44 heavy (non-hydrogen) atoms. The van der Waals surface area contributed by atoms with Crippen LogP contribution in [0.3, 0.4) is 0 Å². The number of aryl methyl sites for hydroxylation is 1. The second-order valence-electron chi connectivity index (χ2n) is 12.2. The maximum atomic E-state index is 13.4. The fourth-order valence-electron chi connectivity index (χ4n) is 6.37. The smallest absolute Gasteiger partial charge is 0.548 e. The fourth-order valence-corrected chi connectivity index (χ4v) is 6.84. The molecule has 7 nitrogen and oxygen atoms in total. The molecule has 0 heterocycles. The minimum atomic E-state index is -1.28. The molecule has 234 valence electrons. The molecule has 0 radical (unpaired) electrons. The molecule has 0 aliphatic heterocycles. The molecule has 4 rings (SSSR count). The summed E-state index contributed by atoms with van der Waals surface area (Å²) >= 11 is 1.52. The van der Waals surface area contributed by atoms with Crippen LogP contribution in [-0.4, -0.2) is 60.1 Å². The Morgan fingerprint density at radius 1 is 0.977 bits per heavy atom. The molecule has 0 bridgehead atoms. The van der Waals surface area contributed by atoms with Gasteiger partial charge in [-0.3, -0.25) is 4.79 Å². The zero-order valence-electron chi connectivity index (χ0n) is 26.8. The molecule has 1 atom stereocenters. The molecule has 2 amide bonds. The summed E-state index contributed by atoms with van der Waals surface area (Å²) in [5.41, 5.74) is 4.11. The van der Waals surface area contributed by atoms with Crippen LogP contribution in [0.2, 0.25) is 0 Å². The van der Waals surface area contributed by atoms with E-state index in [-0.39, 0.29) is 31.1 Å². The van der Waals surface area contributed by atoms with Crippen molar-refractivity contribution in [3.8, 4) is 11.1 Å². The summed E-state index contributed by atoms with van der Waals surface area (Å²) in [4.78, 5) is 40.5. The quantitative estimate of drug-likeness (QED) is 0.348. The summed E-state index contributed by atoms with van der Waals surface area (Å²) in [5, 5.41) is 14.4. The van der Waals surface area contributed by atoms with Gasteiger partial charge in [0.15, 0.2) is 0 Å². The standard InChI is InChI=1S/C35H48N2O5S.Li/c1-25-11-9-10-16-29(25)31-23-26(17-18-30(31)33(38)36-32(34(39)40)20-22-43-2)19-21-37(24-27-12-5-3-6-13-27)35(41)42-28-14-7-4-8-15-28;/h9-11,16-18,23,27-28,32H,3-8,12-15,19-22,24H2,1-2H3,(H,36,38)(H,39,40);/q;+1/p-1. The summed E-state index contributed by atoms with van der Waals surface area (Å²) in [5.74, 6) is -0.614. The minimum absolute atomic E-state index is 0. The number of hydrogen-bond donors (Lipinski definition) is 1. The normalized spacial score (nSPS) is 16.4. The van der Waals surface area contributed by atoms with Crippen molar-refractivity contribution in [2.24, 2.45) is 5.92 Å². The first kappa shape index (κ1) is 36.1. The molecular weight excluding hydrogens is 567 g/mol. The summed E-state index contributed by atoms with van der Waals surface area (Å²) in [6.45, 7) is 3.26. The van der Waals surface area contributed by atoms with Crippen molar-refractivity contribution >= 4 is 29.7 Å². The molecule has 1 N–H and O–H groups in total. The molecule has 2 fully saturated rings. The number of nitrogens with zero attached hydrogens (tertiary/aromatic N) is 1. The third kappa shape index (κ3) is 10.6. The van der Waals surface area contributed by atoms with Crippen LogP contribution in [0.4, 0.5) is 4.79 Å². The number of carboxylic acid groups (broad SMARTS) is 1. The van der Waals surface area contributed by atoms with E-state index in [0.717, 1.165) is 67.3 Å². The minimum Gasteiger partial charge on any atom is -0.548 e. The third-order valence-electron chi connectivity index (χ3n) is 8.92. The number of thioether (sulfide) groups is 1. The van der Waals surface area contributed by atoms with Crippen LogP contribution in [-0.2, 0) is 16.0 Å². The number of nitrogens with one attached hydrogen (secondary N) is 1. The number of carboxylic acids is 1. The first-order valence-corrected chi connectivity index (χ1v) is 17.4. The van der Waals surface area contributed by atoms with Crippen LogP contribution in [0.1, 0.15) is 92.1 Å². The molecule has 0 aromatic heterocycles. The van der Waals surface area contributed by atoms with Gasteiger partial charge in [0, 0.05) is 18.7 Å². The van der Waals surface area contributed by atoms with Crippen LogP contribution in [0.15, 0.2) is 42.5 Å². The number of hydrogen-bond acceptors (Lipinski definition) is 6. The van der Waals surface area contributed by atoms with Gasteiger partial charge in [0.2, 0.25) is 0 Å². The van der Waals surface area contributed by atoms with E-state index in [1.165, 1.54) is 37.4 Å². The van der Waals surface area contributed by atoms with Gasteiger partial charge in [-0.1, -0.05) is 62.1 Å². The number of rotatable bonds is 13. The molecule has 2 aromatic rings. The number of ether oxygens (including phenoxy) is 1. The van der Waals surface area contributed by atoms with Gasteiger partial charge in [-0.05, 0) is 105 Å². The van der Waals surface area contributed by atoms with Crippen molar-refractivity contribution in [2.75, 3.05) is 25.1 Å². The van der Waals surface area contributed by atoms with Gasteiger partial charge in [0.1, 0.15) is 6.10 Å². The van der Waals surface area contributed by atoms with Gasteiger partial charge >= 0.3 is 25.0 Å². The Hall–Kier alpha value is -2.40. The van der Waals surface area contributed by atoms with E-state index in [1.54, 1.807) is 6.07 Å². The number of amides is 2. The van der Waals surface area contributed by atoms with Crippen molar-refractivity contribution in [3.05, 3.63) is 59.2 Å². The molecule has 9 heteroatoms. The Morgan fingerprint density at radius 3 is 2.32 bits per heavy atom. The first-order valence-electron chi connectivity index (χ1n) is 16.0. The zero-order chi connectivity index (χ0) is 30.6. The topological polar surface area (TPSA) is 98.8 Å². The SMILES string of the molecule is CSCCC(NC(=O)c1ccc(CCN(CC2CCCCC2)C(=O)OC2CCCCC2)cc1-c1ccccc1C)C(=O)[O-].[Li+]. The summed E-state index contributed by atoms with van der Waals surface area (Å²) in [7, 11) is 0. The number of benzene rings is 2. The van der Waals surface area contributed by atoms with Crippen molar-refractivity contribution in [3.63, 3.8) is 0 Å². The summed E-state index contributed by atoms with van der Waals surface area (Å²) in [6.07, 6.45) is 14.0. The van der Waals surface area contributed by atoms with E-state index >= 15 is 0 Å². The molecule has 2 aliphatic carbocycles. The average Bonchev–Trinajstić information content (AvgIpc) is 3.02. The zero-order valence-corrected chi connectivity index (χ0v) is 27.6. The van der Waals surface area contributed by atoms with Crippen molar-refractivity contribution in [2.45, 2.75) is 96.1 Å². The van der Waals surface area contributed by atoms with E-state index in [1.807, 2.05) is 54.5 Å². The molecule has 0 saturated heterocycles. The number of carbonyl (C=O) groups is 3. The van der Waals surface area contributed by atoms with E-state index < -0.39 is 17.9 Å². The third-order valence-corrected chi connectivity index (χ3v) is 9.56. The van der Waals surface area contributed by atoms with Crippen LogP contribution >= 0.6 is 11.8 Å². The second kappa shape index (κ2) is 18.5. The Balaban J connectivity index is 0.00000529. The largest absolute Gasteiger partial charge is 1.00 e. The predicted molar refractivity (Wildman–Crippen MR) is 171 cm³/mol. The van der Waals surface area contributed by atoms with Crippen LogP contribution in [0.25, 0.3) is 11.1 Å². The monoisotopic (exact) mass is 614 g/mol. The second-order valence-corrected chi connectivity index (χ2v) is 13.2. The predicted octanol–water partition coefficient (Wildman–Crippen LogP) is 3.16. The van der Waals surface area contributed by atoms with Crippen LogP contribution < -0.4 is 29.3 Å². The van der Waals surface area contributed by atoms with Gasteiger partial charge in [0.05, 0.1) is 12.0 Å². The van der Waals surface area contributed by atoms with Crippen molar-refractivity contribution in [1.82, 2.24) is 10.2 Å². The molecule has 1 unspecified atom stereocenters. The maximum Gasteiger partial charge on any atom is 1.00 e. The summed E-state index contributed by atoms with van der Waals surface area (Å²) < 4.78 is 6.01. The molecule has 0 spiro atoms. The number of carbonyl (C=O) groups excluding carboxylic acids is 3. The maximum absolute atomic E-state index is 13.4. The van der Waals surface area contributed by atoms with E-state index in [0.29, 0.717) is 36.6 Å². The van der Waals surface area contributed by atoms with Crippen molar-refractivity contribution < 1.29 is 43.1 Å². The van der Waals surface area contributed by atoms with Crippen molar-refractivity contribution in [1.29, 1.82) is 0 Å². The van der Waals surface area contributed by atoms with E-state index in [9.17, 15) is 19.5 Å². The van der Waals surface area contributed by atoms with Gasteiger partial charge in [-0.25, -0.2) is 4.79 Å². The Labute approximate surface area is 279 Å². The van der Waals surface area contributed by atoms with Gasteiger partial charge in [0.25, 0.3) is 5.91 Å². The van der Waals surface area contributed by atoms with Crippen LogP contribution in [0, 0.1) is 12.8 Å². The molecule has 2 saturated carbocycles. The Bertz CT molecular complexity index is 1230. The van der Waals surface area contributed by atoms with Gasteiger partial charge in [-0.15, -0.1) is 0 Å². The van der Waals surface area contributed by atoms with Gasteiger partial charge in [-0.2, -0.15) is 11.8 Å². The average molecular weight is 615 g/mol. The number of aliphatic carboxylic acids is 1. The van der Waals surface area contributed by atoms with Crippen LogP contribution in [0.5, 0.6) is 0 Å². The summed E-state index contributed by atoms with van der Waals surface area (Å²) in [6, 6.07) is 12.5. The Morgan fingerprint density at radius 2 is 1.66 bits per heavy atom. The first-order chi connectivity index (χ1) is 20.9. The molecule has 2 aliphatic rings. The molecule has 2 aromatic carbocycles. The van der Waals surface area contributed by atoms with E-state index in [4.69, 9.17) is 4.74 Å². The Kier molecular flexibility index (Phi) is 15.2. The van der Waals surface area contributed by atoms with Gasteiger partial charge < -0.3 is 24.9 Å². The van der Waals surface area contributed by atoms with E-state index in [2.05, 4.69) is 5.32 Å².